The minimum absolute atomic E-state index is 0.0112. The number of hydrogen-bond donors (Lipinski definition) is 1. The highest BCUT2D eigenvalue weighted by Gasteiger charge is 2.11. The van der Waals surface area contributed by atoms with E-state index in [-0.39, 0.29) is 18.1 Å². The second kappa shape index (κ2) is 8.49. The molecule has 4 aromatic rings. The molecule has 2 aromatic carbocycles. The zero-order chi connectivity index (χ0) is 21.8. The van der Waals surface area contributed by atoms with Gasteiger partial charge in [0.25, 0.3) is 11.6 Å². The van der Waals surface area contributed by atoms with Crippen LogP contribution in [-0.2, 0) is 6.54 Å². The first-order valence-electron chi connectivity index (χ1n) is 9.30. The zero-order valence-electron chi connectivity index (χ0n) is 16.5. The number of nitrogens with zero attached hydrogens (tertiary/aromatic N) is 5. The van der Waals surface area contributed by atoms with Crippen LogP contribution >= 0.6 is 0 Å². The molecule has 0 aliphatic rings. The highest BCUT2D eigenvalue weighted by atomic mass is 16.6. The number of non-ortho nitro benzene ring substituents is 1. The van der Waals surface area contributed by atoms with Gasteiger partial charge in [0.05, 0.1) is 47.4 Å². The Balaban J connectivity index is 1.38. The summed E-state index contributed by atoms with van der Waals surface area (Å²) < 4.78 is 8.35. The number of hydrogen-bond acceptors (Lipinski definition) is 6. The van der Waals surface area contributed by atoms with Crippen LogP contribution < -0.4 is 10.1 Å². The molecule has 2 heterocycles. The molecule has 0 bridgehead atoms. The van der Waals surface area contributed by atoms with Crippen molar-refractivity contribution >= 4 is 11.6 Å². The number of carbonyl (C=O) groups excluding carboxylic acids is 1. The molecule has 0 saturated heterocycles. The summed E-state index contributed by atoms with van der Waals surface area (Å²) in [5.41, 5.74) is 2.55. The molecule has 0 fully saturated rings. The third kappa shape index (κ3) is 4.42. The number of aromatic nitrogens is 4. The topological polar surface area (TPSA) is 117 Å². The zero-order valence-corrected chi connectivity index (χ0v) is 16.5. The predicted molar refractivity (Wildman–Crippen MR) is 112 cm³/mol. The minimum Gasteiger partial charge on any atom is -0.497 e. The van der Waals surface area contributed by atoms with Gasteiger partial charge in [-0.3, -0.25) is 14.9 Å². The molecule has 2 aromatic heterocycles. The molecule has 0 unspecified atom stereocenters. The average Bonchev–Trinajstić information content (AvgIpc) is 3.48. The van der Waals surface area contributed by atoms with Crippen molar-refractivity contribution in [2.24, 2.45) is 0 Å². The predicted octanol–water partition coefficient (Wildman–Crippen LogP) is 2.90. The van der Waals surface area contributed by atoms with Crippen LogP contribution in [-0.4, -0.2) is 37.5 Å². The lowest BCUT2D eigenvalue weighted by molar-refractivity contribution is -0.384. The van der Waals surface area contributed by atoms with Crippen molar-refractivity contribution in [2.75, 3.05) is 7.11 Å². The van der Waals surface area contributed by atoms with E-state index < -0.39 is 4.92 Å². The van der Waals surface area contributed by atoms with E-state index in [1.165, 1.54) is 23.0 Å². The molecule has 0 aliphatic carbocycles. The second-order valence-electron chi connectivity index (χ2n) is 6.58. The number of rotatable bonds is 7. The summed E-state index contributed by atoms with van der Waals surface area (Å²) in [5.74, 6) is 0.463. The Hall–Kier alpha value is -4.47. The fourth-order valence-corrected chi connectivity index (χ4v) is 2.92. The maximum Gasteiger partial charge on any atom is 0.269 e. The van der Waals surface area contributed by atoms with Gasteiger partial charge in [-0.1, -0.05) is 0 Å². The van der Waals surface area contributed by atoms with Crippen LogP contribution in [0.4, 0.5) is 5.69 Å². The smallest absolute Gasteiger partial charge is 0.269 e. The van der Waals surface area contributed by atoms with Gasteiger partial charge in [0.2, 0.25) is 0 Å². The summed E-state index contributed by atoms with van der Waals surface area (Å²) in [6, 6.07) is 15.2. The summed E-state index contributed by atoms with van der Waals surface area (Å²) in [5, 5.41) is 22.2. The van der Waals surface area contributed by atoms with Crippen molar-refractivity contribution < 1.29 is 14.5 Å². The monoisotopic (exact) mass is 418 g/mol. The molecule has 10 nitrogen and oxygen atoms in total. The van der Waals surface area contributed by atoms with E-state index in [2.05, 4.69) is 15.5 Å². The van der Waals surface area contributed by atoms with Crippen LogP contribution in [0.1, 0.15) is 16.1 Å². The fraction of sp³-hybridized carbons (Fsp3) is 0.0952. The molecular formula is C21H18N6O4. The van der Waals surface area contributed by atoms with Gasteiger partial charge in [-0.2, -0.15) is 10.2 Å². The quantitative estimate of drug-likeness (QED) is 0.364. The third-order valence-electron chi connectivity index (χ3n) is 4.58. The van der Waals surface area contributed by atoms with Crippen molar-refractivity contribution in [2.45, 2.75) is 6.54 Å². The number of nitrogens with one attached hydrogen (secondary N) is 1. The SMILES string of the molecule is COc1ccc(-n2ccc(CNC(=O)c3cnn(-c4ccc([N+](=O)[O-])cc4)c3)n2)cc1. The van der Waals surface area contributed by atoms with Crippen LogP contribution in [0, 0.1) is 10.1 Å². The Morgan fingerprint density at radius 1 is 1.06 bits per heavy atom. The highest BCUT2D eigenvalue weighted by Crippen LogP contribution is 2.16. The van der Waals surface area contributed by atoms with Gasteiger partial charge in [-0.05, 0) is 42.5 Å². The molecule has 4 rings (SSSR count). The maximum atomic E-state index is 12.5. The van der Waals surface area contributed by atoms with Crippen molar-refractivity contribution in [3.8, 4) is 17.1 Å². The number of methoxy groups -OCH3 is 1. The van der Waals surface area contributed by atoms with Crippen LogP contribution in [0.2, 0.25) is 0 Å². The molecule has 0 atom stereocenters. The first-order valence-corrected chi connectivity index (χ1v) is 9.30. The van der Waals surface area contributed by atoms with Crippen LogP contribution in [0.15, 0.2) is 73.2 Å². The molecule has 10 heteroatoms. The fourth-order valence-electron chi connectivity index (χ4n) is 2.92. The van der Waals surface area contributed by atoms with Gasteiger partial charge >= 0.3 is 0 Å². The van der Waals surface area contributed by atoms with Gasteiger partial charge < -0.3 is 10.1 Å². The molecule has 0 aliphatic heterocycles. The number of carbonyl (C=O) groups is 1. The largest absolute Gasteiger partial charge is 0.497 e. The van der Waals surface area contributed by atoms with E-state index in [1.54, 1.807) is 30.1 Å². The van der Waals surface area contributed by atoms with E-state index in [9.17, 15) is 14.9 Å². The Labute approximate surface area is 176 Å². The number of nitro benzene ring substituents is 1. The normalized spacial score (nSPS) is 10.6. The molecule has 1 N–H and O–H groups in total. The first kappa shape index (κ1) is 19.8. The number of ether oxygens (including phenoxy) is 1. The summed E-state index contributed by atoms with van der Waals surface area (Å²) >= 11 is 0. The third-order valence-corrected chi connectivity index (χ3v) is 4.58. The van der Waals surface area contributed by atoms with Crippen LogP contribution in [0.5, 0.6) is 5.75 Å². The average molecular weight is 418 g/mol. The highest BCUT2D eigenvalue weighted by molar-refractivity contribution is 5.93. The summed E-state index contributed by atoms with van der Waals surface area (Å²) in [4.78, 5) is 22.7. The summed E-state index contributed by atoms with van der Waals surface area (Å²) in [6.45, 7) is 0.255. The number of benzene rings is 2. The number of nitro groups is 1. The van der Waals surface area contributed by atoms with E-state index in [0.717, 1.165) is 11.4 Å². The molecule has 31 heavy (non-hydrogen) atoms. The molecular weight excluding hydrogens is 400 g/mol. The van der Waals surface area contributed by atoms with Gasteiger partial charge in [-0.25, -0.2) is 9.36 Å². The van der Waals surface area contributed by atoms with Crippen molar-refractivity contribution in [3.05, 3.63) is 94.6 Å². The lowest BCUT2D eigenvalue weighted by Crippen LogP contribution is -2.22. The van der Waals surface area contributed by atoms with Crippen LogP contribution in [0.3, 0.4) is 0 Å². The lowest BCUT2D eigenvalue weighted by Gasteiger charge is -2.04. The van der Waals surface area contributed by atoms with Gasteiger partial charge in [0.1, 0.15) is 5.75 Å². The maximum absolute atomic E-state index is 12.5. The van der Waals surface area contributed by atoms with E-state index in [1.807, 2.05) is 36.5 Å². The molecule has 0 spiro atoms. The van der Waals surface area contributed by atoms with Crippen molar-refractivity contribution in [1.29, 1.82) is 0 Å². The van der Waals surface area contributed by atoms with Gasteiger partial charge in [0.15, 0.2) is 0 Å². The van der Waals surface area contributed by atoms with Crippen LogP contribution in [0.25, 0.3) is 11.4 Å². The minimum atomic E-state index is -0.471. The van der Waals surface area contributed by atoms with Crippen molar-refractivity contribution in [3.63, 3.8) is 0 Å². The van der Waals surface area contributed by atoms with E-state index in [0.29, 0.717) is 16.9 Å². The number of amides is 1. The Morgan fingerprint density at radius 3 is 2.42 bits per heavy atom. The Bertz CT molecular complexity index is 1210. The molecule has 1 amide bonds. The molecule has 0 radical (unpaired) electrons. The Kier molecular flexibility index (Phi) is 5.43. The Morgan fingerprint density at radius 2 is 1.74 bits per heavy atom. The summed E-state index contributed by atoms with van der Waals surface area (Å²) in [6.07, 6.45) is 4.81. The van der Waals surface area contributed by atoms with Gasteiger partial charge in [0, 0.05) is 24.5 Å². The lowest BCUT2D eigenvalue weighted by atomic mass is 10.3. The standard InChI is InChI=1S/C21H18N6O4/c1-31-20-8-6-17(7-9-20)25-11-10-16(24-25)13-22-21(28)15-12-23-26(14-15)18-2-4-19(5-3-18)27(29)30/h2-12,14H,13H2,1H3,(H,22,28). The summed E-state index contributed by atoms with van der Waals surface area (Å²) in [7, 11) is 1.61. The van der Waals surface area contributed by atoms with Crippen molar-refractivity contribution in [1.82, 2.24) is 24.9 Å². The van der Waals surface area contributed by atoms with E-state index >= 15 is 0 Å². The first-order chi connectivity index (χ1) is 15.0. The molecule has 156 valence electrons. The molecule has 0 saturated carbocycles. The van der Waals surface area contributed by atoms with E-state index in [4.69, 9.17) is 4.74 Å². The second-order valence-corrected chi connectivity index (χ2v) is 6.58. The van der Waals surface area contributed by atoms with Gasteiger partial charge in [-0.15, -0.1) is 0 Å².